The summed E-state index contributed by atoms with van der Waals surface area (Å²) >= 11 is 0. The summed E-state index contributed by atoms with van der Waals surface area (Å²) < 4.78 is 0. The van der Waals surface area contributed by atoms with E-state index in [1.807, 2.05) is 43.3 Å². The van der Waals surface area contributed by atoms with Gasteiger partial charge in [-0.25, -0.2) is 0 Å². The Morgan fingerprint density at radius 3 is 2.71 bits per heavy atom. The van der Waals surface area contributed by atoms with Crippen LogP contribution in [0.25, 0.3) is 0 Å². The first-order chi connectivity index (χ1) is 11.6. The molecule has 0 aromatic heterocycles. The Labute approximate surface area is 144 Å². The number of aryl methyl sites for hydroxylation is 1. The van der Waals surface area contributed by atoms with E-state index in [0.717, 1.165) is 23.7 Å². The standard InChI is InChI=1S/C21H26N2O/c1-16-5-3-7-20(13-16)22-21(24)19-10-8-18(9-11-19)15-23-12-4-6-17(2)14-23/h3,5,7-11,13,17H,4,6,12,14-15H2,1-2H3,(H,22,24)/t17-/m0/s1. The predicted molar refractivity (Wildman–Crippen MR) is 99.2 cm³/mol. The molecule has 2 aromatic rings. The number of piperidine rings is 1. The molecule has 0 aliphatic carbocycles. The molecule has 3 nitrogen and oxygen atoms in total. The van der Waals surface area contributed by atoms with E-state index in [9.17, 15) is 4.79 Å². The summed E-state index contributed by atoms with van der Waals surface area (Å²) in [5.74, 6) is 0.733. The quantitative estimate of drug-likeness (QED) is 0.900. The molecule has 126 valence electrons. The van der Waals surface area contributed by atoms with Gasteiger partial charge in [0.15, 0.2) is 0 Å². The minimum Gasteiger partial charge on any atom is -0.322 e. The molecule has 3 rings (SSSR count). The van der Waals surface area contributed by atoms with Crippen LogP contribution >= 0.6 is 0 Å². The molecule has 0 unspecified atom stereocenters. The Morgan fingerprint density at radius 1 is 1.21 bits per heavy atom. The number of anilines is 1. The molecule has 0 radical (unpaired) electrons. The van der Waals surface area contributed by atoms with Gasteiger partial charge < -0.3 is 5.32 Å². The Bertz CT molecular complexity index is 693. The lowest BCUT2D eigenvalue weighted by Gasteiger charge is -2.30. The highest BCUT2D eigenvalue weighted by molar-refractivity contribution is 6.04. The maximum Gasteiger partial charge on any atom is 0.255 e. The van der Waals surface area contributed by atoms with Crippen molar-refractivity contribution in [2.75, 3.05) is 18.4 Å². The van der Waals surface area contributed by atoms with Gasteiger partial charge in [0.1, 0.15) is 0 Å². The van der Waals surface area contributed by atoms with Crippen LogP contribution in [-0.4, -0.2) is 23.9 Å². The van der Waals surface area contributed by atoms with Crippen molar-refractivity contribution in [3.8, 4) is 0 Å². The molecule has 1 N–H and O–H groups in total. The highest BCUT2D eigenvalue weighted by Crippen LogP contribution is 2.18. The highest BCUT2D eigenvalue weighted by atomic mass is 16.1. The molecule has 3 heteroatoms. The number of hydrogen-bond acceptors (Lipinski definition) is 2. The Balaban J connectivity index is 1.60. The summed E-state index contributed by atoms with van der Waals surface area (Å²) in [5.41, 5.74) is 3.95. The average Bonchev–Trinajstić information content (AvgIpc) is 2.55. The molecule has 1 saturated heterocycles. The molecule has 0 spiro atoms. The summed E-state index contributed by atoms with van der Waals surface area (Å²) in [6, 6.07) is 15.9. The number of carbonyl (C=O) groups is 1. The van der Waals surface area contributed by atoms with Crippen LogP contribution in [0.4, 0.5) is 5.69 Å². The first kappa shape index (κ1) is 16.7. The van der Waals surface area contributed by atoms with E-state index in [4.69, 9.17) is 0 Å². The lowest BCUT2D eigenvalue weighted by atomic mass is 9.99. The number of carbonyl (C=O) groups excluding carboxylic acids is 1. The zero-order valence-corrected chi connectivity index (χ0v) is 14.6. The fourth-order valence-electron chi connectivity index (χ4n) is 3.38. The SMILES string of the molecule is Cc1cccc(NC(=O)c2ccc(CN3CCC[C@H](C)C3)cc2)c1. The van der Waals surface area contributed by atoms with Crippen molar-refractivity contribution >= 4 is 11.6 Å². The number of benzene rings is 2. The van der Waals surface area contributed by atoms with Gasteiger partial charge in [0.25, 0.3) is 5.91 Å². The van der Waals surface area contributed by atoms with Crippen LogP contribution < -0.4 is 5.32 Å². The third-order valence-electron chi connectivity index (χ3n) is 4.64. The maximum atomic E-state index is 12.3. The molecule has 1 aliphatic heterocycles. The van der Waals surface area contributed by atoms with Gasteiger partial charge in [0, 0.05) is 24.3 Å². The summed E-state index contributed by atoms with van der Waals surface area (Å²) in [4.78, 5) is 14.9. The molecule has 2 aromatic carbocycles. The summed E-state index contributed by atoms with van der Waals surface area (Å²) in [5, 5.41) is 2.96. The topological polar surface area (TPSA) is 32.3 Å². The Morgan fingerprint density at radius 2 is 2.00 bits per heavy atom. The van der Waals surface area contributed by atoms with Crippen LogP contribution in [-0.2, 0) is 6.54 Å². The van der Waals surface area contributed by atoms with Crippen molar-refractivity contribution in [2.24, 2.45) is 5.92 Å². The average molecular weight is 322 g/mol. The van der Waals surface area contributed by atoms with Crippen molar-refractivity contribution in [2.45, 2.75) is 33.2 Å². The fraction of sp³-hybridized carbons (Fsp3) is 0.381. The van der Waals surface area contributed by atoms with Crippen molar-refractivity contribution in [1.29, 1.82) is 0 Å². The number of amides is 1. The van der Waals surface area contributed by atoms with E-state index < -0.39 is 0 Å². The van der Waals surface area contributed by atoms with Crippen LogP contribution in [0.1, 0.15) is 41.3 Å². The fourth-order valence-corrected chi connectivity index (χ4v) is 3.38. The minimum atomic E-state index is -0.0567. The van der Waals surface area contributed by atoms with Gasteiger partial charge in [-0.15, -0.1) is 0 Å². The normalized spacial score (nSPS) is 18.3. The molecule has 1 amide bonds. The summed E-state index contributed by atoms with van der Waals surface area (Å²) in [6.07, 6.45) is 2.63. The lowest BCUT2D eigenvalue weighted by molar-refractivity contribution is 0.102. The number of likely N-dealkylation sites (tertiary alicyclic amines) is 1. The first-order valence-electron chi connectivity index (χ1n) is 8.79. The summed E-state index contributed by atoms with van der Waals surface area (Å²) in [7, 11) is 0. The van der Waals surface area contributed by atoms with Gasteiger partial charge in [0.2, 0.25) is 0 Å². The van der Waals surface area contributed by atoms with Gasteiger partial charge in [0.05, 0.1) is 0 Å². The molecule has 0 saturated carbocycles. The summed E-state index contributed by atoms with van der Waals surface area (Å²) in [6.45, 7) is 7.68. The van der Waals surface area contributed by atoms with Crippen molar-refractivity contribution in [3.63, 3.8) is 0 Å². The van der Waals surface area contributed by atoms with Crippen molar-refractivity contribution in [1.82, 2.24) is 4.90 Å². The largest absolute Gasteiger partial charge is 0.322 e. The molecular formula is C21H26N2O. The molecule has 1 fully saturated rings. The Kier molecular flexibility index (Phi) is 5.31. The number of nitrogens with one attached hydrogen (secondary N) is 1. The van der Waals surface area contributed by atoms with Gasteiger partial charge in [-0.05, 0) is 67.6 Å². The zero-order valence-electron chi connectivity index (χ0n) is 14.6. The predicted octanol–water partition coefficient (Wildman–Crippen LogP) is 4.48. The van der Waals surface area contributed by atoms with Crippen LogP contribution in [0.5, 0.6) is 0 Å². The number of rotatable bonds is 4. The third kappa shape index (κ3) is 4.45. The van der Waals surface area contributed by atoms with E-state index in [0.29, 0.717) is 5.56 Å². The van der Waals surface area contributed by atoms with Gasteiger partial charge in [-0.3, -0.25) is 9.69 Å². The molecule has 0 bridgehead atoms. The van der Waals surface area contributed by atoms with Gasteiger partial charge in [-0.1, -0.05) is 31.2 Å². The maximum absolute atomic E-state index is 12.3. The van der Waals surface area contributed by atoms with Gasteiger partial charge in [-0.2, -0.15) is 0 Å². The van der Waals surface area contributed by atoms with Crippen LogP contribution in [0.15, 0.2) is 48.5 Å². The molecule has 1 heterocycles. The second-order valence-corrected chi connectivity index (χ2v) is 7.00. The van der Waals surface area contributed by atoms with E-state index in [-0.39, 0.29) is 5.91 Å². The van der Waals surface area contributed by atoms with E-state index in [2.05, 4.69) is 29.3 Å². The van der Waals surface area contributed by atoms with Crippen LogP contribution in [0, 0.1) is 12.8 Å². The third-order valence-corrected chi connectivity index (χ3v) is 4.64. The van der Waals surface area contributed by atoms with Crippen LogP contribution in [0.2, 0.25) is 0 Å². The molecule has 1 aliphatic rings. The minimum absolute atomic E-state index is 0.0567. The van der Waals surface area contributed by atoms with E-state index in [1.54, 1.807) is 0 Å². The number of nitrogens with zero attached hydrogens (tertiary/aromatic N) is 1. The highest BCUT2D eigenvalue weighted by Gasteiger charge is 2.16. The molecule has 1 atom stereocenters. The van der Waals surface area contributed by atoms with E-state index >= 15 is 0 Å². The smallest absolute Gasteiger partial charge is 0.255 e. The van der Waals surface area contributed by atoms with Crippen molar-refractivity contribution < 1.29 is 4.79 Å². The molecular weight excluding hydrogens is 296 g/mol. The Hall–Kier alpha value is -2.13. The second kappa shape index (κ2) is 7.63. The molecule has 24 heavy (non-hydrogen) atoms. The number of hydrogen-bond donors (Lipinski definition) is 1. The first-order valence-corrected chi connectivity index (χ1v) is 8.79. The van der Waals surface area contributed by atoms with E-state index in [1.165, 1.54) is 31.5 Å². The van der Waals surface area contributed by atoms with Gasteiger partial charge >= 0.3 is 0 Å². The lowest BCUT2D eigenvalue weighted by Crippen LogP contribution is -2.33. The second-order valence-electron chi connectivity index (χ2n) is 7.00. The van der Waals surface area contributed by atoms with Crippen molar-refractivity contribution in [3.05, 3.63) is 65.2 Å². The van der Waals surface area contributed by atoms with Crippen LogP contribution in [0.3, 0.4) is 0 Å². The monoisotopic (exact) mass is 322 g/mol. The zero-order chi connectivity index (χ0) is 16.9.